The van der Waals surface area contributed by atoms with Gasteiger partial charge in [-0.3, -0.25) is 14.5 Å². The van der Waals surface area contributed by atoms with E-state index >= 15 is 0 Å². The molecule has 1 saturated heterocycles. The van der Waals surface area contributed by atoms with E-state index in [2.05, 4.69) is 5.32 Å². The molecule has 0 bridgehead atoms. The van der Waals surface area contributed by atoms with Crippen molar-refractivity contribution in [3.8, 4) is 0 Å². The Hall–Kier alpha value is -2.51. The average molecular weight is 282 g/mol. The second-order valence-electron chi connectivity index (χ2n) is 4.41. The van der Waals surface area contributed by atoms with Crippen molar-refractivity contribution in [3.05, 3.63) is 29.3 Å². The molecule has 2 aliphatic rings. The zero-order valence-corrected chi connectivity index (χ0v) is 9.98. The maximum absolute atomic E-state index is 13.8. The quantitative estimate of drug-likeness (QED) is 0.806. The maximum atomic E-state index is 13.8. The Morgan fingerprint density at radius 3 is 2.60 bits per heavy atom. The van der Waals surface area contributed by atoms with Crippen LogP contribution in [0.15, 0.2) is 12.1 Å². The van der Waals surface area contributed by atoms with Crippen LogP contribution in [0.1, 0.15) is 10.4 Å². The minimum atomic E-state index is -1.10. The van der Waals surface area contributed by atoms with Crippen molar-refractivity contribution < 1.29 is 27.9 Å². The van der Waals surface area contributed by atoms with E-state index in [0.717, 1.165) is 17.0 Å². The van der Waals surface area contributed by atoms with E-state index < -0.39 is 46.8 Å². The number of nitrogens with one attached hydrogen (secondary N) is 1. The number of ether oxygens (including phenoxy) is 1. The third-order valence-corrected chi connectivity index (χ3v) is 3.15. The number of Topliss-reactive ketones (excluding diaryl/α,β-unsaturated/α-hetero) is 1. The second-order valence-corrected chi connectivity index (χ2v) is 4.41. The van der Waals surface area contributed by atoms with Crippen LogP contribution in [0.3, 0.4) is 0 Å². The molecule has 2 aliphatic heterocycles. The number of alkyl carbamates (subject to hydrolysis) is 1. The molecule has 1 aromatic rings. The lowest BCUT2D eigenvalue weighted by molar-refractivity contribution is -0.114. The van der Waals surface area contributed by atoms with Gasteiger partial charge in [-0.1, -0.05) is 0 Å². The molecule has 20 heavy (non-hydrogen) atoms. The number of anilines is 1. The average Bonchev–Trinajstić information content (AvgIpc) is 2.92. The molecule has 8 heteroatoms. The van der Waals surface area contributed by atoms with Crippen molar-refractivity contribution >= 4 is 23.5 Å². The molecule has 1 N–H and O–H groups in total. The molecule has 0 spiro atoms. The summed E-state index contributed by atoms with van der Waals surface area (Å²) in [5.74, 6) is -3.97. The van der Waals surface area contributed by atoms with Crippen LogP contribution >= 0.6 is 0 Å². The molecule has 6 nitrogen and oxygen atoms in total. The number of fused-ring (bicyclic) bond motifs is 1. The van der Waals surface area contributed by atoms with Crippen LogP contribution in [0.25, 0.3) is 0 Å². The molecule has 1 fully saturated rings. The summed E-state index contributed by atoms with van der Waals surface area (Å²) in [6.45, 7) is -0.0836. The molecule has 3 rings (SSSR count). The van der Waals surface area contributed by atoms with E-state index in [9.17, 15) is 23.2 Å². The van der Waals surface area contributed by atoms with Crippen LogP contribution in [-0.2, 0) is 9.53 Å². The third kappa shape index (κ3) is 1.72. The minimum absolute atomic E-state index is 0.128. The van der Waals surface area contributed by atoms with Gasteiger partial charge in [0.2, 0.25) is 0 Å². The molecule has 2 heterocycles. The summed E-state index contributed by atoms with van der Waals surface area (Å²) >= 11 is 0. The Morgan fingerprint density at radius 2 is 1.95 bits per heavy atom. The van der Waals surface area contributed by atoms with Crippen LogP contribution in [0.2, 0.25) is 0 Å². The highest BCUT2D eigenvalue weighted by Gasteiger charge is 2.42. The smallest absolute Gasteiger partial charge is 0.407 e. The van der Waals surface area contributed by atoms with Crippen LogP contribution in [-0.4, -0.2) is 37.0 Å². The van der Waals surface area contributed by atoms with Crippen LogP contribution in [0, 0.1) is 11.6 Å². The van der Waals surface area contributed by atoms with Crippen molar-refractivity contribution in [2.45, 2.75) is 6.10 Å². The Bertz CT molecular complexity index is 647. The highest BCUT2D eigenvalue weighted by Crippen LogP contribution is 2.34. The van der Waals surface area contributed by atoms with Crippen molar-refractivity contribution in [2.75, 3.05) is 18.0 Å². The molecule has 1 unspecified atom stereocenters. The van der Waals surface area contributed by atoms with Crippen molar-refractivity contribution in [2.24, 2.45) is 0 Å². The van der Waals surface area contributed by atoms with Gasteiger partial charge < -0.3 is 10.1 Å². The molecule has 0 saturated carbocycles. The molecule has 0 aromatic heterocycles. The van der Waals surface area contributed by atoms with Crippen LogP contribution < -0.4 is 10.2 Å². The Balaban J connectivity index is 1.98. The first-order valence-corrected chi connectivity index (χ1v) is 5.77. The second kappa shape index (κ2) is 4.26. The Kier molecular flexibility index (Phi) is 2.66. The predicted molar refractivity (Wildman–Crippen MR) is 61.3 cm³/mol. The summed E-state index contributed by atoms with van der Waals surface area (Å²) in [7, 11) is 0. The molecule has 0 radical (unpaired) electrons. The first-order valence-electron chi connectivity index (χ1n) is 5.77. The fourth-order valence-corrected chi connectivity index (χ4v) is 2.26. The molecule has 1 aromatic carbocycles. The minimum Gasteiger partial charge on any atom is -0.442 e. The van der Waals surface area contributed by atoms with E-state index in [4.69, 9.17) is 4.74 Å². The van der Waals surface area contributed by atoms with Gasteiger partial charge in [0.1, 0.15) is 17.7 Å². The summed E-state index contributed by atoms with van der Waals surface area (Å²) in [5.41, 5.74) is -0.977. The van der Waals surface area contributed by atoms with Crippen LogP contribution in [0.4, 0.5) is 19.3 Å². The lowest BCUT2D eigenvalue weighted by atomic mass is 10.1. The summed E-state index contributed by atoms with van der Waals surface area (Å²) in [4.78, 5) is 35.2. The number of amides is 2. The number of nitrogens with zero attached hydrogens (tertiary/aromatic N) is 1. The number of rotatable bonds is 2. The molecular formula is C12H8F2N2O4. The lowest BCUT2D eigenvalue weighted by Crippen LogP contribution is -2.38. The number of benzene rings is 1. The van der Waals surface area contributed by atoms with Gasteiger partial charge in [0, 0.05) is 0 Å². The van der Waals surface area contributed by atoms with Gasteiger partial charge in [-0.2, -0.15) is 0 Å². The van der Waals surface area contributed by atoms with Crippen LogP contribution in [0.5, 0.6) is 0 Å². The monoisotopic (exact) mass is 282 g/mol. The van der Waals surface area contributed by atoms with Gasteiger partial charge in [0.05, 0.1) is 24.3 Å². The predicted octanol–water partition coefficient (Wildman–Crippen LogP) is 0.602. The highest BCUT2D eigenvalue weighted by molar-refractivity contribution is 6.52. The van der Waals surface area contributed by atoms with E-state index in [-0.39, 0.29) is 13.1 Å². The number of hydrogen-bond donors (Lipinski definition) is 1. The topological polar surface area (TPSA) is 75.7 Å². The van der Waals surface area contributed by atoms with Crippen molar-refractivity contribution in [3.63, 3.8) is 0 Å². The fraction of sp³-hybridized carbons (Fsp3) is 0.250. The van der Waals surface area contributed by atoms with Gasteiger partial charge in [0.25, 0.3) is 11.7 Å². The number of halogens is 2. The standard InChI is InChI=1S/C12H8F2N2O4/c13-6-1-2-7(14)9-8(6)10(17)11(18)16(9)4-5-3-15-12(19)20-5/h1-2,5H,3-4H2,(H,15,19). The van der Waals surface area contributed by atoms with Crippen molar-refractivity contribution in [1.29, 1.82) is 0 Å². The largest absolute Gasteiger partial charge is 0.442 e. The molecule has 0 aliphatic carbocycles. The zero-order chi connectivity index (χ0) is 14.4. The van der Waals surface area contributed by atoms with E-state index in [1.54, 1.807) is 0 Å². The van der Waals surface area contributed by atoms with Gasteiger partial charge in [0.15, 0.2) is 0 Å². The van der Waals surface area contributed by atoms with E-state index in [0.29, 0.717) is 0 Å². The molecule has 104 valence electrons. The molecule has 2 amide bonds. The lowest BCUT2D eigenvalue weighted by Gasteiger charge is -2.19. The van der Waals surface area contributed by atoms with Gasteiger partial charge in [-0.25, -0.2) is 13.6 Å². The van der Waals surface area contributed by atoms with Gasteiger partial charge in [-0.05, 0) is 12.1 Å². The number of carbonyl (C=O) groups excluding carboxylic acids is 3. The third-order valence-electron chi connectivity index (χ3n) is 3.15. The number of carbonyl (C=O) groups is 3. The van der Waals surface area contributed by atoms with Crippen molar-refractivity contribution in [1.82, 2.24) is 5.32 Å². The normalized spacial score (nSPS) is 21.0. The zero-order valence-electron chi connectivity index (χ0n) is 9.98. The van der Waals surface area contributed by atoms with E-state index in [1.807, 2.05) is 0 Å². The number of ketones is 1. The van der Waals surface area contributed by atoms with Gasteiger partial charge >= 0.3 is 6.09 Å². The first-order chi connectivity index (χ1) is 9.49. The van der Waals surface area contributed by atoms with Gasteiger partial charge in [-0.15, -0.1) is 0 Å². The molecular weight excluding hydrogens is 274 g/mol. The molecule has 1 atom stereocenters. The summed E-state index contributed by atoms with van der Waals surface area (Å²) in [5, 5.41) is 2.37. The Labute approximate surface area is 111 Å². The number of hydrogen-bond acceptors (Lipinski definition) is 4. The summed E-state index contributed by atoms with van der Waals surface area (Å²) in [6.07, 6.45) is -1.37. The highest BCUT2D eigenvalue weighted by atomic mass is 19.1. The SMILES string of the molecule is O=C1NCC(CN2C(=O)C(=O)c3c(F)ccc(F)c32)O1. The number of cyclic esters (lactones) is 1. The maximum Gasteiger partial charge on any atom is 0.407 e. The first kappa shape index (κ1) is 12.5. The summed E-state index contributed by atoms with van der Waals surface area (Å²) < 4.78 is 32.2. The summed E-state index contributed by atoms with van der Waals surface area (Å²) in [6, 6.07) is 1.63. The fourth-order valence-electron chi connectivity index (χ4n) is 2.26. The van der Waals surface area contributed by atoms with E-state index in [1.165, 1.54) is 0 Å². The Morgan fingerprint density at radius 1 is 1.25 bits per heavy atom.